The molecule has 0 aliphatic carbocycles. The lowest BCUT2D eigenvalue weighted by Crippen LogP contribution is -1.90. The summed E-state index contributed by atoms with van der Waals surface area (Å²) in [6, 6.07) is 16.5. The van der Waals surface area contributed by atoms with Gasteiger partial charge in [-0.3, -0.25) is 0 Å². The molecule has 4 heteroatoms. The van der Waals surface area contributed by atoms with E-state index >= 15 is 0 Å². The molecule has 25 heavy (non-hydrogen) atoms. The molecule has 0 saturated carbocycles. The minimum atomic E-state index is 0.428. The number of unbranched alkanes of at least 4 members (excludes halogenated alkanes) is 4. The SMILES string of the molecule is CCCCCCCC(Br)c1ccc(/N=N/c2ccc(CBr)cc2)cc1. The van der Waals surface area contributed by atoms with Gasteiger partial charge >= 0.3 is 0 Å². The molecule has 2 aromatic carbocycles. The molecule has 0 N–H and O–H groups in total. The molecule has 0 radical (unpaired) electrons. The first-order valence-corrected chi connectivity index (χ1v) is 11.1. The Morgan fingerprint density at radius 2 is 1.36 bits per heavy atom. The van der Waals surface area contributed by atoms with E-state index in [1.165, 1.54) is 49.7 Å². The third-order valence-electron chi connectivity index (χ3n) is 4.19. The molecule has 1 unspecified atom stereocenters. The average Bonchev–Trinajstić information content (AvgIpc) is 2.67. The molecular formula is C21H26Br2N2. The summed E-state index contributed by atoms with van der Waals surface area (Å²) in [7, 11) is 0. The van der Waals surface area contributed by atoms with Gasteiger partial charge in [-0.05, 0) is 41.8 Å². The molecule has 1 atom stereocenters. The van der Waals surface area contributed by atoms with Gasteiger partial charge in [0.1, 0.15) is 0 Å². The third-order valence-corrected chi connectivity index (χ3v) is 5.82. The lowest BCUT2D eigenvalue weighted by Gasteiger charge is -2.10. The second kappa shape index (κ2) is 11.6. The highest BCUT2D eigenvalue weighted by Gasteiger charge is 2.07. The minimum Gasteiger partial charge on any atom is -0.151 e. The van der Waals surface area contributed by atoms with E-state index in [0.29, 0.717) is 4.83 Å². The Morgan fingerprint density at radius 1 is 0.800 bits per heavy atom. The van der Waals surface area contributed by atoms with Crippen LogP contribution in [0, 0.1) is 0 Å². The molecule has 0 aromatic heterocycles. The van der Waals surface area contributed by atoms with E-state index in [0.717, 1.165) is 16.7 Å². The van der Waals surface area contributed by atoms with Crippen molar-refractivity contribution in [1.82, 2.24) is 0 Å². The fourth-order valence-electron chi connectivity index (χ4n) is 2.61. The summed E-state index contributed by atoms with van der Waals surface area (Å²) in [5.41, 5.74) is 4.31. The van der Waals surface area contributed by atoms with Crippen LogP contribution in [0.25, 0.3) is 0 Å². The van der Waals surface area contributed by atoms with Crippen molar-refractivity contribution in [2.75, 3.05) is 0 Å². The quantitative estimate of drug-likeness (QED) is 0.190. The van der Waals surface area contributed by atoms with Crippen LogP contribution in [0.15, 0.2) is 58.8 Å². The Bertz CT molecular complexity index is 636. The molecule has 2 nitrogen and oxygen atoms in total. The van der Waals surface area contributed by atoms with Gasteiger partial charge < -0.3 is 0 Å². The fourth-order valence-corrected chi connectivity index (χ4v) is 3.61. The highest BCUT2D eigenvalue weighted by molar-refractivity contribution is 9.09. The molecule has 0 saturated heterocycles. The summed E-state index contributed by atoms with van der Waals surface area (Å²) in [6.45, 7) is 2.25. The summed E-state index contributed by atoms with van der Waals surface area (Å²) >= 11 is 7.26. The highest BCUT2D eigenvalue weighted by atomic mass is 79.9. The highest BCUT2D eigenvalue weighted by Crippen LogP contribution is 2.30. The zero-order valence-electron chi connectivity index (χ0n) is 14.8. The minimum absolute atomic E-state index is 0.428. The van der Waals surface area contributed by atoms with Gasteiger partial charge in [0.15, 0.2) is 0 Å². The summed E-state index contributed by atoms with van der Waals surface area (Å²) in [6.07, 6.45) is 7.80. The van der Waals surface area contributed by atoms with Gasteiger partial charge in [0.25, 0.3) is 0 Å². The molecule has 2 rings (SSSR count). The van der Waals surface area contributed by atoms with E-state index in [1.807, 2.05) is 24.3 Å². The zero-order chi connectivity index (χ0) is 17.9. The number of benzene rings is 2. The van der Waals surface area contributed by atoms with Crippen LogP contribution in [0.1, 0.15) is 61.4 Å². The van der Waals surface area contributed by atoms with Gasteiger partial charge in [-0.1, -0.05) is 95.2 Å². The molecule has 0 heterocycles. The van der Waals surface area contributed by atoms with Crippen molar-refractivity contribution in [3.63, 3.8) is 0 Å². The number of hydrogen-bond acceptors (Lipinski definition) is 2. The Kier molecular flexibility index (Phi) is 9.41. The Balaban J connectivity index is 1.84. The number of halogens is 2. The lowest BCUT2D eigenvalue weighted by atomic mass is 10.0. The number of azo groups is 1. The van der Waals surface area contributed by atoms with Gasteiger partial charge in [0, 0.05) is 10.2 Å². The molecule has 2 aromatic rings. The maximum Gasteiger partial charge on any atom is 0.0857 e. The van der Waals surface area contributed by atoms with E-state index < -0.39 is 0 Å². The van der Waals surface area contributed by atoms with Crippen molar-refractivity contribution < 1.29 is 0 Å². The molecule has 0 spiro atoms. The first kappa shape index (κ1) is 20.3. The van der Waals surface area contributed by atoms with E-state index in [2.05, 4.69) is 73.3 Å². The molecule has 0 fully saturated rings. The van der Waals surface area contributed by atoms with Crippen LogP contribution in [0.5, 0.6) is 0 Å². The predicted molar refractivity (Wildman–Crippen MR) is 115 cm³/mol. The topological polar surface area (TPSA) is 24.7 Å². The third kappa shape index (κ3) is 7.41. The van der Waals surface area contributed by atoms with Crippen LogP contribution >= 0.6 is 31.9 Å². The predicted octanol–water partition coefficient (Wildman–Crippen LogP) is 8.79. The Morgan fingerprint density at radius 3 is 1.92 bits per heavy atom. The van der Waals surface area contributed by atoms with Crippen LogP contribution in [-0.2, 0) is 5.33 Å². The molecule has 0 bridgehead atoms. The molecule has 0 aliphatic heterocycles. The summed E-state index contributed by atoms with van der Waals surface area (Å²) in [5, 5.41) is 9.49. The van der Waals surface area contributed by atoms with E-state index in [9.17, 15) is 0 Å². The molecular weight excluding hydrogens is 440 g/mol. The summed E-state index contributed by atoms with van der Waals surface area (Å²) in [5.74, 6) is 0. The van der Waals surface area contributed by atoms with Crippen LogP contribution in [0.3, 0.4) is 0 Å². The number of rotatable bonds is 10. The van der Waals surface area contributed by atoms with Crippen LogP contribution in [-0.4, -0.2) is 0 Å². The second-order valence-corrected chi connectivity index (χ2v) is 7.93. The van der Waals surface area contributed by atoms with E-state index in [1.54, 1.807) is 0 Å². The van der Waals surface area contributed by atoms with E-state index in [-0.39, 0.29) is 0 Å². The lowest BCUT2D eigenvalue weighted by molar-refractivity contribution is 0.606. The van der Waals surface area contributed by atoms with Crippen molar-refractivity contribution in [2.24, 2.45) is 10.2 Å². The van der Waals surface area contributed by atoms with Gasteiger partial charge in [0.05, 0.1) is 11.4 Å². The first-order valence-electron chi connectivity index (χ1n) is 9.03. The first-order chi connectivity index (χ1) is 12.2. The molecule has 134 valence electrons. The number of hydrogen-bond donors (Lipinski definition) is 0. The second-order valence-electron chi connectivity index (χ2n) is 6.26. The van der Waals surface area contributed by atoms with Crippen LogP contribution in [0.4, 0.5) is 11.4 Å². The summed E-state index contributed by atoms with van der Waals surface area (Å²) < 4.78 is 0. The summed E-state index contributed by atoms with van der Waals surface area (Å²) in [4.78, 5) is 0.428. The largest absolute Gasteiger partial charge is 0.151 e. The van der Waals surface area contributed by atoms with Gasteiger partial charge in [-0.25, -0.2) is 0 Å². The van der Waals surface area contributed by atoms with Gasteiger partial charge in [0.2, 0.25) is 0 Å². The van der Waals surface area contributed by atoms with Crippen molar-refractivity contribution in [3.05, 3.63) is 59.7 Å². The van der Waals surface area contributed by atoms with Crippen molar-refractivity contribution in [3.8, 4) is 0 Å². The maximum absolute atomic E-state index is 4.33. The average molecular weight is 466 g/mol. The number of nitrogens with zero attached hydrogens (tertiary/aromatic N) is 2. The molecule has 0 amide bonds. The monoisotopic (exact) mass is 464 g/mol. The Labute approximate surface area is 168 Å². The molecule has 0 aliphatic rings. The smallest absolute Gasteiger partial charge is 0.0857 e. The standard InChI is InChI=1S/C21H26Br2N2/c1-2-3-4-5-6-7-21(23)18-10-14-20(15-11-18)25-24-19-12-8-17(16-22)9-13-19/h8-15,21H,2-7,16H2,1H3/b25-24+. The maximum atomic E-state index is 4.33. The van der Waals surface area contributed by atoms with Crippen LogP contribution in [0.2, 0.25) is 0 Å². The van der Waals surface area contributed by atoms with Crippen molar-refractivity contribution in [1.29, 1.82) is 0 Å². The zero-order valence-corrected chi connectivity index (χ0v) is 18.0. The van der Waals surface area contributed by atoms with Crippen LogP contribution < -0.4 is 0 Å². The van der Waals surface area contributed by atoms with Gasteiger partial charge in [-0.2, -0.15) is 10.2 Å². The normalized spacial score (nSPS) is 12.6. The van der Waals surface area contributed by atoms with Crippen molar-refractivity contribution >= 4 is 43.2 Å². The number of alkyl halides is 2. The Hall–Kier alpha value is -1.00. The van der Waals surface area contributed by atoms with E-state index in [4.69, 9.17) is 0 Å². The van der Waals surface area contributed by atoms with Crippen molar-refractivity contribution in [2.45, 2.75) is 55.6 Å². The fraction of sp³-hybridized carbons (Fsp3) is 0.429. The van der Waals surface area contributed by atoms with Gasteiger partial charge in [-0.15, -0.1) is 0 Å².